The van der Waals surface area contributed by atoms with Crippen molar-refractivity contribution in [1.29, 1.82) is 0 Å². The van der Waals surface area contributed by atoms with Crippen molar-refractivity contribution in [3.05, 3.63) is 23.8 Å². The third kappa shape index (κ3) is 1.90. The molecule has 1 rings (SSSR count). The summed E-state index contributed by atoms with van der Waals surface area (Å²) < 4.78 is 0.0961. The summed E-state index contributed by atoms with van der Waals surface area (Å²) in [6, 6.07) is 0. The van der Waals surface area contributed by atoms with Crippen molar-refractivity contribution < 1.29 is 0 Å². The van der Waals surface area contributed by atoms with Gasteiger partial charge in [0.2, 0.25) is 0 Å². The minimum atomic E-state index is 0.0961. The van der Waals surface area contributed by atoms with E-state index in [1.165, 1.54) is 5.57 Å². The van der Waals surface area contributed by atoms with E-state index in [0.717, 1.165) is 6.42 Å². The highest BCUT2D eigenvalue weighted by Gasteiger charge is 2.16. The Hall–Kier alpha value is -0.170. The first-order valence-electron chi connectivity index (χ1n) is 3.17. The Balaban J connectivity index is 2.73. The molecule has 0 heterocycles. The molecular weight excluding hydrogens is 128 g/mol. The molecule has 1 aliphatic rings. The highest BCUT2D eigenvalue weighted by atomic mass is 32.1. The SMILES string of the molecule is CC1=CC=CC(C)(S)C1. The molecule has 0 spiro atoms. The third-order valence-electron chi connectivity index (χ3n) is 1.47. The Bertz CT molecular complexity index is 163. The van der Waals surface area contributed by atoms with E-state index in [1.807, 2.05) is 0 Å². The first kappa shape index (κ1) is 6.94. The zero-order valence-corrected chi connectivity index (χ0v) is 6.78. The van der Waals surface area contributed by atoms with Crippen LogP contribution in [0.2, 0.25) is 0 Å². The van der Waals surface area contributed by atoms with Gasteiger partial charge in [-0.3, -0.25) is 0 Å². The first-order chi connectivity index (χ1) is 4.10. The van der Waals surface area contributed by atoms with E-state index >= 15 is 0 Å². The van der Waals surface area contributed by atoms with Crippen molar-refractivity contribution in [1.82, 2.24) is 0 Å². The van der Waals surface area contributed by atoms with Crippen LogP contribution in [0.4, 0.5) is 0 Å². The smallest absolute Gasteiger partial charge is 0.0320 e. The summed E-state index contributed by atoms with van der Waals surface area (Å²) in [7, 11) is 0. The van der Waals surface area contributed by atoms with Crippen LogP contribution in [0.1, 0.15) is 20.3 Å². The van der Waals surface area contributed by atoms with Crippen LogP contribution in [-0.4, -0.2) is 4.75 Å². The van der Waals surface area contributed by atoms with Gasteiger partial charge in [-0.2, -0.15) is 12.6 Å². The summed E-state index contributed by atoms with van der Waals surface area (Å²) in [6.07, 6.45) is 7.42. The molecule has 1 aliphatic carbocycles. The summed E-state index contributed by atoms with van der Waals surface area (Å²) in [5, 5.41) is 0. The summed E-state index contributed by atoms with van der Waals surface area (Å²) >= 11 is 4.45. The number of hydrogen-bond acceptors (Lipinski definition) is 1. The summed E-state index contributed by atoms with van der Waals surface area (Å²) in [4.78, 5) is 0. The van der Waals surface area contributed by atoms with Crippen LogP contribution in [0.5, 0.6) is 0 Å². The molecule has 1 atom stereocenters. The Kier molecular flexibility index (Phi) is 1.71. The Labute approximate surface area is 62.1 Å². The van der Waals surface area contributed by atoms with E-state index in [1.54, 1.807) is 0 Å². The zero-order chi connectivity index (χ0) is 6.91. The first-order valence-corrected chi connectivity index (χ1v) is 3.62. The fourth-order valence-corrected chi connectivity index (χ4v) is 1.44. The van der Waals surface area contributed by atoms with Crippen molar-refractivity contribution in [2.24, 2.45) is 0 Å². The molecule has 0 amide bonds. The minimum Gasteiger partial charge on any atom is -0.168 e. The Morgan fingerprint density at radius 1 is 1.67 bits per heavy atom. The average molecular weight is 140 g/mol. The van der Waals surface area contributed by atoms with Gasteiger partial charge in [0.15, 0.2) is 0 Å². The van der Waals surface area contributed by atoms with Gasteiger partial charge in [0.05, 0.1) is 0 Å². The minimum absolute atomic E-state index is 0.0961. The summed E-state index contributed by atoms with van der Waals surface area (Å²) in [5.74, 6) is 0. The van der Waals surface area contributed by atoms with Crippen molar-refractivity contribution in [3.63, 3.8) is 0 Å². The lowest BCUT2D eigenvalue weighted by molar-refractivity contribution is 0.770. The highest BCUT2D eigenvalue weighted by molar-refractivity contribution is 7.82. The van der Waals surface area contributed by atoms with Gasteiger partial charge < -0.3 is 0 Å². The largest absolute Gasteiger partial charge is 0.168 e. The van der Waals surface area contributed by atoms with Crippen LogP contribution in [0, 0.1) is 0 Å². The van der Waals surface area contributed by atoms with Gasteiger partial charge in [0, 0.05) is 4.75 Å². The van der Waals surface area contributed by atoms with Gasteiger partial charge in [0.25, 0.3) is 0 Å². The predicted octanol–water partition coefficient (Wildman–Crippen LogP) is 2.58. The molecule has 0 radical (unpaired) electrons. The molecule has 50 valence electrons. The molecule has 0 N–H and O–H groups in total. The van der Waals surface area contributed by atoms with Crippen molar-refractivity contribution in [2.45, 2.75) is 25.0 Å². The zero-order valence-electron chi connectivity index (χ0n) is 5.89. The number of allylic oxidation sites excluding steroid dienone is 3. The van der Waals surface area contributed by atoms with Gasteiger partial charge >= 0.3 is 0 Å². The van der Waals surface area contributed by atoms with Gasteiger partial charge in [0.1, 0.15) is 0 Å². The van der Waals surface area contributed by atoms with Crippen LogP contribution in [0.25, 0.3) is 0 Å². The van der Waals surface area contributed by atoms with Crippen molar-refractivity contribution >= 4 is 12.6 Å². The Morgan fingerprint density at radius 2 is 2.33 bits per heavy atom. The lowest BCUT2D eigenvalue weighted by atomic mass is 9.96. The normalized spacial score (nSPS) is 34.3. The van der Waals surface area contributed by atoms with E-state index in [9.17, 15) is 0 Å². The predicted molar refractivity (Wildman–Crippen MR) is 44.9 cm³/mol. The lowest BCUT2D eigenvalue weighted by Gasteiger charge is -2.21. The number of hydrogen-bond donors (Lipinski definition) is 1. The van der Waals surface area contributed by atoms with Crippen molar-refractivity contribution in [2.75, 3.05) is 0 Å². The van der Waals surface area contributed by atoms with Gasteiger partial charge in [-0.1, -0.05) is 23.8 Å². The molecular formula is C8H12S. The topological polar surface area (TPSA) is 0 Å². The molecule has 1 heteroatoms. The summed E-state index contributed by atoms with van der Waals surface area (Å²) in [5.41, 5.74) is 1.41. The quantitative estimate of drug-likeness (QED) is 0.491. The molecule has 0 saturated carbocycles. The fraction of sp³-hybridized carbons (Fsp3) is 0.500. The van der Waals surface area contributed by atoms with Gasteiger partial charge in [-0.25, -0.2) is 0 Å². The molecule has 0 bridgehead atoms. The van der Waals surface area contributed by atoms with Crippen LogP contribution < -0.4 is 0 Å². The maximum absolute atomic E-state index is 4.45. The van der Waals surface area contributed by atoms with Crippen LogP contribution in [-0.2, 0) is 0 Å². The third-order valence-corrected chi connectivity index (χ3v) is 1.78. The fourth-order valence-electron chi connectivity index (χ4n) is 1.10. The second-order valence-electron chi connectivity index (χ2n) is 2.91. The monoisotopic (exact) mass is 140 g/mol. The van der Waals surface area contributed by atoms with E-state index in [-0.39, 0.29) is 4.75 Å². The molecule has 0 nitrogen and oxygen atoms in total. The molecule has 0 saturated heterocycles. The van der Waals surface area contributed by atoms with Crippen molar-refractivity contribution in [3.8, 4) is 0 Å². The maximum atomic E-state index is 4.45. The second-order valence-corrected chi connectivity index (χ2v) is 3.93. The van der Waals surface area contributed by atoms with E-state index in [2.05, 4.69) is 44.7 Å². The molecule has 9 heavy (non-hydrogen) atoms. The Morgan fingerprint density at radius 3 is 2.67 bits per heavy atom. The van der Waals surface area contributed by atoms with E-state index < -0.39 is 0 Å². The summed E-state index contributed by atoms with van der Waals surface area (Å²) in [6.45, 7) is 4.26. The molecule has 0 fully saturated rings. The van der Waals surface area contributed by atoms with E-state index in [0.29, 0.717) is 0 Å². The second kappa shape index (κ2) is 2.22. The number of rotatable bonds is 0. The van der Waals surface area contributed by atoms with Gasteiger partial charge in [-0.15, -0.1) is 0 Å². The average Bonchev–Trinajstić information content (AvgIpc) is 1.60. The standard InChI is InChI=1S/C8H12S/c1-7-4-3-5-8(2,9)6-7/h3-5,9H,6H2,1-2H3. The molecule has 0 aromatic rings. The highest BCUT2D eigenvalue weighted by Crippen LogP contribution is 2.27. The van der Waals surface area contributed by atoms with E-state index in [4.69, 9.17) is 0 Å². The molecule has 1 unspecified atom stereocenters. The van der Waals surface area contributed by atoms with Crippen LogP contribution in [0.3, 0.4) is 0 Å². The maximum Gasteiger partial charge on any atom is 0.0320 e. The lowest BCUT2D eigenvalue weighted by Crippen LogP contribution is -2.14. The van der Waals surface area contributed by atoms with Crippen LogP contribution in [0.15, 0.2) is 23.8 Å². The molecule has 0 aliphatic heterocycles. The number of thiol groups is 1. The molecule has 0 aromatic carbocycles. The van der Waals surface area contributed by atoms with Crippen LogP contribution >= 0.6 is 12.6 Å². The molecule has 0 aromatic heterocycles. The van der Waals surface area contributed by atoms with Gasteiger partial charge in [-0.05, 0) is 20.3 Å².